The third-order valence-corrected chi connectivity index (χ3v) is 11.0. The van der Waals surface area contributed by atoms with E-state index in [1.54, 1.807) is 6.92 Å². The second kappa shape index (κ2) is 8.53. The van der Waals surface area contributed by atoms with E-state index in [-0.39, 0.29) is 11.2 Å². The van der Waals surface area contributed by atoms with Crippen molar-refractivity contribution in [2.24, 2.45) is 52.3 Å². The summed E-state index contributed by atoms with van der Waals surface area (Å²) in [5.74, 6) is 6.10. The third kappa shape index (κ3) is 3.93. The Balaban J connectivity index is 1.51. The molecule has 8 unspecified atom stereocenters. The SMILES string of the molecule is CC(=O)C1=C(O)CC2CCC3C(CCC4(C)C(C(C)CCCC(C)C)CCC34)C2(C)C1. The summed E-state index contributed by atoms with van der Waals surface area (Å²) in [5, 5.41) is 10.5. The molecule has 3 saturated carbocycles. The Kier molecular flexibility index (Phi) is 6.43. The summed E-state index contributed by atoms with van der Waals surface area (Å²) in [6.07, 6.45) is 13.9. The minimum absolute atomic E-state index is 0.0936. The molecule has 0 amide bonds. The highest BCUT2D eigenvalue weighted by Gasteiger charge is 2.60. The number of ketones is 1. The van der Waals surface area contributed by atoms with Gasteiger partial charge < -0.3 is 5.11 Å². The van der Waals surface area contributed by atoms with E-state index in [1.165, 1.54) is 57.8 Å². The fourth-order valence-corrected chi connectivity index (χ4v) is 9.34. The maximum Gasteiger partial charge on any atom is 0.159 e. The van der Waals surface area contributed by atoms with Gasteiger partial charge in [-0.05, 0) is 104 Å². The lowest BCUT2D eigenvalue weighted by atomic mass is 9.44. The van der Waals surface area contributed by atoms with E-state index >= 15 is 0 Å². The van der Waals surface area contributed by atoms with Gasteiger partial charge in [0.2, 0.25) is 0 Å². The molecule has 4 aliphatic rings. The summed E-state index contributed by atoms with van der Waals surface area (Å²) in [6, 6.07) is 0. The molecule has 4 aliphatic carbocycles. The van der Waals surface area contributed by atoms with Crippen LogP contribution in [0.1, 0.15) is 112 Å². The van der Waals surface area contributed by atoms with Crippen molar-refractivity contribution in [3.8, 4) is 0 Å². The predicted octanol–water partition coefficient (Wildman–Crippen LogP) is 8.12. The van der Waals surface area contributed by atoms with Crippen molar-refractivity contribution >= 4 is 5.78 Å². The average Bonchev–Trinajstić information content (AvgIpc) is 3.05. The summed E-state index contributed by atoms with van der Waals surface area (Å²) in [7, 11) is 0. The molecular weight excluding hydrogens is 380 g/mol. The van der Waals surface area contributed by atoms with E-state index in [1.807, 2.05) is 0 Å². The summed E-state index contributed by atoms with van der Waals surface area (Å²) >= 11 is 0. The maximum atomic E-state index is 12.2. The number of rotatable bonds is 6. The lowest BCUT2D eigenvalue weighted by molar-refractivity contribution is -0.120. The Morgan fingerprint density at radius 3 is 2.39 bits per heavy atom. The molecule has 4 rings (SSSR count). The van der Waals surface area contributed by atoms with Crippen molar-refractivity contribution in [3.63, 3.8) is 0 Å². The topological polar surface area (TPSA) is 37.3 Å². The second-order valence-electron chi connectivity index (χ2n) is 13.0. The first-order chi connectivity index (χ1) is 14.6. The summed E-state index contributed by atoms with van der Waals surface area (Å²) in [5.41, 5.74) is 1.48. The monoisotopic (exact) mass is 428 g/mol. The number of Topliss-reactive ketones (excluding diaryl/α,β-unsaturated/α-hetero) is 1. The smallest absolute Gasteiger partial charge is 0.159 e. The maximum absolute atomic E-state index is 12.2. The van der Waals surface area contributed by atoms with Crippen LogP contribution in [-0.4, -0.2) is 10.9 Å². The zero-order valence-corrected chi connectivity index (χ0v) is 21.2. The van der Waals surface area contributed by atoms with Gasteiger partial charge in [-0.25, -0.2) is 0 Å². The van der Waals surface area contributed by atoms with E-state index < -0.39 is 0 Å². The molecule has 31 heavy (non-hydrogen) atoms. The highest BCUT2D eigenvalue weighted by Crippen LogP contribution is 2.68. The zero-order chi connectivity index (χ0) is 22.6. The molecule has 8 atom stereocenters. The van der Waals surface area contributed by atoms with E-state index in [9.17, 15) is 9.90 Å². The normalized spacial score (nSPS) is 43.4. The Bertz CT molecular complexity index is 720. The number of fused-ring (bicyclic) bond motifs is 5. The molecule has 3 fully saturated rings. The Hall–Kier alpha value is -0.790. The van der Waals surface area contributed by atoms with Gasteiger partial charge in [0.1, 0.15) is 0 Å². The number of allylic oxidation sites excluding steroid dienone is 2. The van der Waals surface area contributed by atoms with Crippen LogP contribution >= 0.6 is 0 Å². The van der Waals surface area contributed by atoms with Crippen LogP contribution in [0.2, 0.25) is 0 Å². The minimum Gasteiger partial charge on any atom is -0.512 e. The Morgan fingerprint density at radius 1 is 1.00 bits per heavy atom. The Morgan fingerprint density at radius 2 is 1.71 bits per heavy atom. The summed E-state index contributed by atoms with van der Waals surface area (Å²) in [6.45, 7) is 14.0. The van der Waals surface area contributed by atoms with Gasteiger partial charge in [-0.1, -0.05) is 53.9 Å². The van der Waals surface area contributed by atoms with Crippen molar-refractivity contribution in [2.45, 2.75) is 112 Å². The molecule has 1 N–H and O–H groups in total. The fraction of sp³-hybridized carbons (Fsp3) is 0.897. The number of aliphatic hydroxyl groups excluding tert-OH is 1. The van der Waals surface area contributed by atoms with Crippen LogP contribution < -0.4 is 0 Å². The number of hydrogen-bond donors (Lipinski definition) is 1. The third-order valence-electron chi connectivity index (χ3n) is 11.0. The molecule has 2 heteroatoms. The molecule has 0 aromatic rings. The van der Waals surface area contributed by atoms with Gasteiger partial charge in [0, 0.05) is 12.0 Å². The molecule has 2 nitrogen and oxygen atoms in total. The van der Waals surface area contributed by atoms with E-state index in [0.717, 1.165) is 53.9 Å². The van der Waals surface area contributed by atoms with Gasteiger partial charge in [0.25, 0.3) is 0 Å². The van der Waals surface area contributed by atoms with Crippen molar-refractivity contribution in [2.75, 3.05) is 0 Å². The van der Waals surface area contributed by atoms with Gasteiger partial charge >= 0.3 is 0 Å². The quantitative estimate of drug-likeness (QED) is 0.464. The fourth-order valence-electron chi connectivity index (χ4n) is 9.34. The molecule has 176 valence electrons. The van der Waals surface area contributed by atoms with Crippen LogP contribution in [0.15, 0.2) is 11.3 Å². The number of carbonyl (C=O) groups is 1. The van der Waals surface area contributed by atoms with E-state index in [2.05, 4.69) is 34.6 Å². The first kappa shape index (κ1) is 23.4. The van der Waals surface area contributed by atoms with Crippen molar-refractivity contribution < 1.29 is 9.90 Å². The molecule has 0 spiro atoms. The predicted molar refractivity (Wildman–Crippen MR) is 129 cm³/mol. The molecule has 0 radical (unpaired) electrons. The van der Waals surface area contributed by atoms with Gasteiger partial charge in [-0.2, -0.15) is 0 Å². The molecule has 0 aromatic carbocycles. The lowest BCUT2D eigenvalue weighted by Crippen LogP contribution is -2.53. The molecule has 0 saturated heterocycles. The van der Waals surface area contributed by atoms with Crippen LogP contribution in [-0.2, 0) is 4.79 Å². The Labute approximate surface area is 191 Å². The van der Waals surface area contributed by atoms with Crippen molar-refractivity contribution in [1.82, 2.24) is 0 Å². The minimum atomic E-state index is 0.0936. The average molecular weight is 429 g/mol. The molecule has 0 heterocycles. The van der Waals surface area contributed by atoms with Gasteiger partial charge in [0.15, 0.2) is 5.78 Å². The number of aliphatic hydroxyl groups is 1. The van der Waals surface area contributed by atoms with E-state index in [0.29, 0.717) is 17.1 Å². The van der Waals surface area contributed by atoms with Crippen molar-refractivity contribution in [1.29, 1.82) is 0 Å². The van der Waals surface area contributed by atoms with E-state index in [4.69, 9.17) is 0 Å². The molecular formula is C29H48O2. The number of carbonyl (C=O) groups excluding carboxylic acids is 1. The first-order valence-corrected chi connectivity index (χ1v) is 13.5. The zero-order valence-electron chi connectivity index (χ0n) is 21.2. The summed E-state index contributed by atoms with van der Waals surface area (Å²) < 4.78 is 0. The largest absolute Gasteiger partial charge is 0.512 e. The van der Waals surface area contributed by atoms with Crippen LogP contribution in [0, 0.1) is 52.3 Å². The van der Waals surface area contributed by atoms with Crippen LogP contribution in [0.5, 0.6) is 0 Å². The standard InChI is InChI=1S/C29H48O2/c1-18(2)8-7-9-19(3)24-12-13-25-22-11-10-21-16-27(31)23(20(4)30)17-29(21,6)26(22)14-15-28(24,25)5/h18-19,21-22,24-26,31H,7-17H2,1-6H3. The molecule has 0 aliphatic heterocycles. The van der Waals surface area contributed by atoms with Gasteiger partial charge in [-0.3, -0.25) is 4.79 Å². The van der Waals surface area contributed by atoms with Crippen LogP contribution in [0.3, 0.4) is 0 Å². The van der Waals surface area contributed by atoms with Crippen LogP contribution in [0.25, 0.3) is 0 Å². The lowest BCUT2D eigenvalue weighted by Gasteiger charge is -2.60. The highest BCUT2D eigenvalue weighted by atomic mass is 16.3. The van der Waals surface area contributed by atoms with Gasteiger partial charge in [0.05, 0.1) is 5.76 Å². The number of hydrogen-bond acceptors (Lipinski definition) is 2. The second-order valence-corrected chi connectivity index (χ2v) is 13.0. The first-order valence-electron chi connectivity index (χ1n) is 13.5. The van der Waals surface area contributed by atoms with Gasteiger partial charge in [-0.15, -0.1) is 0 Å². The van der Waals surface area contributed by atoms with Crippen molar-refractivity contribution in [3.05, 3.63) is 11.3 Å². The molecule has 0 bridgehead atoms. The van der Waals surface area contributed by atoms with Crippen LogP contribution in [0.4, 0.5) is 0 Å². The molecule has 0 aromatic heterocycles. The highest BCUT2D eigenvalue weighted by molar-refractivity contribution is 5.94. The summed E-state index contributed by atoms with van der Waals surface area (Å²) in [4.78, 5) is 12.2.